The van der Waals surface area contributed by atoms with Crippen molar-refractivity contribution in [3.8, 4) is 6.07 Å². The van der Waals surface area contributed by atoms with Crippen molar-refractivity contribution in [1.29, 1.82) is 5.26 Å². The molecule has 1 amide bonds. The summed E-state index contributed by atoms with van der Waals surface area (Å²) in [5, 5.41) is 12.5. The predicted octanol–water partition coefficient (Wildman–Crippen LogP) is 2.22. The highest BCUT2D eigenvalue weighted by molar-refractivity contribution is 7.98. The van der Waals surface area contributed by atoms with Gasteiger partial charge in [-0.2, -0.15) is 5.26 Å². The van der Waals surface area contributed by atoms with Crippen molar-refractivity contribution >= 4 is 23.4 Å². The zero-order valence-corrected chi connectivity index (χ0v) is 15.3. The first-order valence-corrected chi connectivity index (χ1v) is 9.64. The largest absolute Gasteiger partial charge is 0.371 e. The second-order valence-corrected chi connectivity index (χ2v) is 7.03. The van der Waals surface area contributed by atoms with Gasteiger partial charge in [-0.1, -0.05) is 18.2 Å². The van der Waals surface area contributed by atoms with Crippen molar-refractivity contribution in [2.24, 2.45) is 5.92 Å². The number of pyridine rings is 1. The summed E-state index contributed by atoms with van der Waals surface area (Å²) in [4.78, 5) is 29.4. The van der Waals surface area contributed by atoms with Crippen LogP contribution in [0.1, 0.15) is 22.3 Å². The summed E-state index contributed by atoms with van der Waals surface area (Å²) in [7, 11) is 0. The number of amides is 1. The fourth-order valence-electron chi connectivity index (χ4n) is 3.13. The van der Waals surface area contributed by atoms with Crippen molar-refractivity contribution in [3.63, 3.8) is 0 Å². The minimum absolute atomic E-state index is 0.0164. The molecule has 0 unspecified atom stereocenters. The molecule has 2 N–H and O–H groups in total. The molecule has 2 aromatic rings. The van der Waals surface area contributed by atoms with Crippen LogP contribution in [0.25, 0.3) is 0 Å². The molecule has 1 fully saturated rings. The number of carbonyl (C=O) groups excluding carboxylic acids is 1. The lowest BCUT2D eigenvalue weighted by molar-refractivity contribution is 0.0946. The summed E-state index contributed by atoms with van der Waals surface area (Å²) in [5.41, 5.74) is 1.00. The molecule has 1 aromatic heterocycles. The van der Waals surface area contributed by atoms with E-state index in [1.54, 1.807) is 6.26 Å². The predicted molar refractivity (Wildman–Crippen MR) is 103 cm³/mol. The van der Waals surface area contributed by atoms with E-state index in [4.69, 9.17) is 5.26 Å². The number of hydrogen-bond donors (Lipinski definition) is 2. The van der Waals surface area contributed by atoms with Crippen LogP contribution >= 0.6 is 11.8 Å². The Bertz CT molecular complexity index is 889. The van der Waals surface area contributed by atoms with Crippen LogP contribution in [0.3, 0.4) is 0 Å². The summed E-state index contributed by atoms with van der Waals surface area (Å²) in [6.45, 7) is 2.33. The van der Waals surface area contributed by atoms with E-state index in [0.717, 1.165) is 19.5 Å². The Balaban J connectivity index is 1.62. The molecule has 26 heavy (non-hydrogen) atoms. The molecule has 0 radical (unpaired) electrons. The van der Waals surface area contributed by atoms with Crippen LogP contribution < -0.4 is 15.8 Å². The molecule has 7 heteroatoms. The molecule has 1 saturated heterocycles. The smallest absolute Gasteiger partial charge is 0.261 e. The number of carbonyl (C=O) groups is 1. The number of para-hydroxylation sites is 1. The maximum atomic E-state index is 12.4. The van der Waals surface area contributed by atoms with Gasteiger partial charge in [-0.15, -0.1) is 11.8 Å². The molecular weight excluding hydrogens is 348 g/mol. The molecule has 0 saturated carbocycles. The van der Waals surface area contributed by atoms with E-state index in [9.17, 15) is 9.59 Å². The second kappa shape index (κ2) is 8.11. The molecule has 1 aliphatic rings. The van der Waals surface area contributed by atoms with Gasteiger partial charge >= 0.3 is 0 Å². The number of nitrogens with zero attached hydrogens (tertiary/aromatic N) is 2. The lowest BCUT2D eigenvalue weighted by atomic mass is 10.1. The Morgan fingerprint density at radius 1 is 1.42 bits per heavy atom. The number of thioether (sulfide) groups is 1. The quantitative estimate of drug-likeness (QED) is 0.790. The Hall–Kier alpha value is -2.72. The van der Waals surface area contributed by atoms with Gasteiger partial charge in [0.25, 0.3) is 11.5 Å². The van der Waals surface area contributed by atoms with Crippen molar-refractivity contribution in [2.75, 3.05) is 30.8 Å². The fraction of sp³-hybridized carbons (Fsp3) is 0.316. The third-order valence-electron chi connectivity index (χ3n) is 4.53. The second-order valence-electron chi connectivity index (χ2n) is 6.22. The number of nitriles is 1. The van der Waals surface area contributed by atoms with E-state index in [-0.39, 0.29) is 5.56 Å². The Morgan fingerprint density at radius 2 is 2.19 bits per heavy atom. The molecule has 0 spiro atoms. The van der Waals surface area contributed by atoms with Gasteiger partial charge in [-0.3, -0.25) is 9.59 Å². The molecule has 3 rings (SSSR count). The summed E-state index contributed by atoms with van der Waals surface area (Å²) in [6.07, 6.45) is 2.75. The maximum absolute atomic E-state index is 12.4. The van der Waals surface area contributed by atoms with E-state index in [1.807, 2.05) is 24.3 Å². The summed E-state index contributed by atoms with van der Waals surface area (Å²) >= 11 is 1.27. The topological polar surface area (TPSA) is 89.0 Å². The van der Waals surface area contributed by atoms with Crippen LogP contribution in [0.5, 0.6) is 0 Å². The van der Waals surface area contributed by atoms with Gasteiger partial charge in [0.15, 0.2) is 0 Å². The molecule has 2 heterocycles. The number of nitrogens with one attached hydrogen (secondary N) is 2. The summed E-state index contributed by atoms with van der Waals surface area (Å²) in [6, 6.07) is 13.6. The van der Waals surface area contributed by atoms with Crippen LogP contribution in [0.15, 0.2) is 46.2 Å². The first-order valence-electron chi connectivity index (χ1n) is 8.42. The lowest BCUT2D eigenvalue weighted by Crippen LogP contribution is -2.34. The molecule has 6 nitrogen and oxygen atoms in total. The van der Waals surface area contributed by atoms with Gasteiger partial charge in [0.1, 0.15) is 11.6 Å². The van der Waals surface area contributed by atoms with Gasteiger partial charge < -0.3 is 15.2 Å². The van der Waals surface area contributed by atoms with Gasteiger partial charge in [-0.25, -0.2) is 0 Å². The number of anilines is 1. The van der Waals surface area contributed by atoms with Crippen molar-refractivity contribution in [3.05, 3.63) is 57.9 Å². The molecule has 1 aromatic carbocycles. The molecule has 0 bridgehead atoms. The molecular formula is C19H20N4O2S. The monoisotopic (exact) mass is 368 g/mol. The van der Waals surface area contributed by atoms with Crippen LogP contribution in [0.2, 0.25) is 0 Å². The number of aromatic amines is 1. The first-order chi connectivity index (χ1) is 12.6. The molecule has 134 valence electrons. The molecule has 1 atom stereocenters. The van der Waals surface area contributed by atoms with Crippen LogP contribution in [-0.2, 0) is 0 Å². The van der Waals surface area contributed by atoms with Crippen LogP contribution in [0.4, 0.5) is 5.69 Å². The highest BCUT2D eigenvalue weighted by atomic mass is 32.2. The van der Waals surface area contributed by atoms with E-state index in [2.05, 4.69) is 27.3 Å². The number of H-pyrrole nitrogens is 1. The van der Waals surface area contributed by atoms with Gasteiger partial charge in [0, 0.05) is 25.3 Å². The third-order valence-corrected chi connectivity index (χ3v) is 5.26. The van der Waals surface area contributed by atoms with Gasteiger partial charge in [0.2, 0.25) is 0 Å². The number of rotatable bonds is 5. The van der Waals surface area contributed by atoms with E-state index < -0.39 is 11.5 Å². The average Bonchev–Trinajstić information content (AvgIpc) is 3.15. The van der Waals surface area contributed by atoms with Crippen molar-refractivity contribution in [1.82, 2.24) is 10.3 Å². The van der Waals surface area contributed by atoms with Gasteiger partial charge in [-0.05, 0) is 36.8 Å². The minimum atomic E-state index is -0.469. The first kappa shape index (κ1) is 18.1. The summed E-state index contributed by atoms with van der Waals surface area (Å²) < 4.78 is 0. The third kappa shape index (κ3) is 3.92. The normalized spacial score (nSPS) is 16.3. The Labute approximate surface area is 156 Å². The summed E-state index contributed by atoms with van der Waals surface area (Å²) in [5.74, 6) is -0.104. The Kier molecular flexibility index (Phi) is 5.64. The van der Waals surface area contributed by atoms with E-state index in [1.165, 1.54) is 23.5 Å². The zero-order chi connectivity index (χ0) is 18.5. The lowest BCUT2D eigenvalue weighted by Gasteiger charge is -2.18. The highest BCUT2D eigenvalue weighted by Gasteiger charge is 2.23. The molecule has 1 aliphatic heterocycles. The fourth-order valence-corrected chi connectivity index (χ4v) is 3.65. The SMILES string of the molecule is CSc1[nH]c(=O)c(C(=O)NC[C@H]2CCN(c3ccccc3)C2)cc1C#N. The molecule has 0 aliphatic carbocycles. The number of aromatic nitrogens is 1. The van der Waals surface area contributed by atoms with Crippen LogP contribution in [0, 0.1) is 17.2 Å². The van der Waals surface area contributed by atoms with Gasteiger partial charge in [0.05, 0.1) is 10.6 Å². The van der Waals surface area contributed by atoms with E-state index >= 15 is 0 Å². The average molecular weight is 368 g/mol. The maximum Gasteiger partial charge on any atom is 0.261 e. The van der Waals surface area contributed by atoms with Crippen molar-refractivity contribution in [2.45, 2.75) is 11.4 Å². The highest BCUT2D eigenvalue weighted by Crippen LogP contribution is 2.23. The standard InChI is InChI=1S/C19H20N4O2S/c1-26-19-14(10-20)9-16(18(25)22-19)17(24)21-11-13-7-8-23(12-13)15-5-3-2-4-6-15/h2-6,9,13H,7-8,11-12H2,1H3,(H,21,24)(H,22,25)/t13-/m1/s1. The minimum Gasteiger partial charge on any atom is -0.371 e. The van der Waals surface area contributed by atoms with E-state index in [0.29, 0.717) is 23.1 Å². The number of benzene rings is 1. The number of hydrogen-bond acceptors (Lipinski definition) is 5. The van der Waals surface area contributed by atoms with Crippen molar-refractivity contribution < 1.29 is 4.79 Å². The zero-order valence-electron chi connectivity index (χ0n) is 14.5. The Morgan fingerprint density at radius 3 is 2.88 bits per heavy atom. The van der Waals surface area contributed by atoms with Crippen LogP contribution in [-0.4, -0.2) is 36.8 Å².